The van der Waals surface area contributed by atoms with Crippen LogP contribution >= 0.6 is 15.9 Å². The first kappa shape index (κ1) is 14.2. The van der Waals surface area contributed by atoms with E-state index in [9.17, 15) is 9.18 Å². The molecule has 0 aliphatic carbocycles. The van der Waals surface area contributed by atoms with Crippen LogP contribution < -0.4 is 5.32 Å². The minimum atomic E-state index is -0.380. The molecule has 1 aromatic rings. The van der Waals surface area contributed by atoms with E-state index in [0.717, 1.165) is 24.6 Å². The first-order valence-electron chi connectivity index (χ1n) is 5.84. The van der Waals surface area contributed by atoms with Crippen molar-refractivity contribution in [3.8, 4) is 0 Å². The molecule has 1 N–H and O–H groups in total. The van der Waals surface area contributed by atoms with Crippen molar-refractivity contribution < 1.29 is 9.18 Å². The number of carbonyl (C=O) groups excluding carboxylic acids is 1. The number of unbranched alkanes of at least 4 members (excludes halogenated alkanes) is 3. The first-order chi connectivity index (χ1) is 8.24. The lowest BCUT2D eigenvalue weighted by Gasteiger charge is -2.05. The number of halogens is 2. The highest BCUT2D eigenvalue weighted by atomic mass is 79.9. The summed E-state index contributed by atoms with van der Waals surface area (Å²) < 4.78 is 12.9. The Hall–Kier alpha value is -0.900. The van der Waals surface area contributed by atoms with Crippen LogP contribution in [0.15, 0.2) is 24.3 Å². The largest absolute Gasteiger partial charge is 0.352 e. The molecule has 0 heterocycles. The summed E-state index contributed by atoms with van der Waals surface area (Å²) in [5.41, 5.74) is 0.380. The molecule has 4 heteroatoms. The monoisotopic (exact) mass is 301 g/mol. The number of benzene rings is 1. The van der Waals surface area contributed by atoms with Gasteiger partial charge < -0.3 is 5.32 Å². The maximum atomic E-state index is 12.9. The molecule has 0 atom stereocenters. The van der Waals surface area contributed by atoms with Gasteiger partial charge in [0.15, 0.2) is 0 Å². The number of amides is 1. The molecular formula is C13H17BrFNO. The van der Waals surface area contributed by atoms with Crippen molar-refractivity contribution in [2.24, 2.45) is 0 Å². The molecule has 0 fully saturated rings. The zero-order valence-corrected chi connectivity index (χ0v) is 11.3. The molecule has 94 valence electrons. The van der Waals surface area contributed by atoms with Crippen LogP contribution in [0.4, 0.5) is 4.39 Å². The summed E-state index contributed by atoms with van der Waals surface area (Å²) in [5, 5.41) is 3.82. The van der Waals surface area contributed by atoms with E-state index in [4.69, 9.17) is 0 Å². The highest BCUT2D eigenvalue weighted by Gasteiger charge is 2.04. The third-order valence-electron chi connectivity index (χ3n) is 2.43. The summed E-state index contributed by atoms with van der Waals surface area (Å²) >= 11 is 3.37. The Kier molecular flexibility index (Phi) is 6.86. The van der Waals surface area contributed by atoms with Gasteiger partial charge in [0.1, 0.15) is 5.82 Å². The fraction of sp³-hybridized carbons (Fsp3) is 0.462. The highest BCUT2D eigenvalue weighted by Crippen LogP contribution is 2.04. The molecule has 1 rings (SSSR count). The Morgan fingerprint density at radius 3 is 2.71 bits per heavy atom. The SMILES string of the molecule is O=C(NCCCCCCBr)c1cccc(F)c1. The van der Waals surface area contributed by atoms with Crippen LogP contribution in [-0.4, -0.2) is 17.8 Å². The molecule has 0 bridgehead atoms. The van der Waals surface area contributed by atoms with Gasteiger partial charge in [0.05, 0.1) is 0 Å². The molecule has 0 saturated heterocycles. The van der Waals surface area contributed by atoms with Gasteiger partial charge in [0.2, 0.25) is 0 Å². The van der Waals surface area contributed by atoms with Crippen molar-refractivity contribution in [1.29, 1.82) is 0 Å². The van der Waals surface area contributed by atoms with Crippen LogP contribution in [0.25, 0.3) is 0 Å². The predicted octanol–water partition coefficient (Wildman–Crippen LogP) is 3.51. The molecule has 2 nitrogen and oxygen atoms in total. The van der Waals surface area contributed by atoms with E-state index in [2.05, 4.69) is 21.2 Å². The maximum Gasteiger partial charge on any atom is 0.251 e. The lowest BCUT2D eigenvalue weighted by Crippen LogP contribution is -2.24. The number of alkyl halides is 1. The van der Waals surface area contributed by atoms with Crippen molar-refractivity contribution in [2.75, 3.05) is 11.9 Å². The Bertz CT molecular complexity index is 357. The second-order valence-corrected chi connectivity index (χ2v) is 4.66. The van der Waals surface area contributed by atoms with E-state index < -0.39 is 0 Å². The predicted molar refractivity (Wildman–Crippen MR) is 71.0 cm³/mol. The van der Waals surface area contributed by atoms with Gasteiger partial charge in [0.25, 0.3) is 5.91 Å². The molecule has 0 aliphatic heterocycles. The van der Waals surface area contributed by atoms with Crippen molar-refractivity contribution in [3.05, 3.63) is 35.6 Å². The molecule has 0 saturated carbocycles. The van der Waals surface area contributed by atoms with Crippen LogP contribution in [-0.2, 0) is 0 Å². The lowest BCUT2D eigenvalue weighted by molar-refractivity contribution is 0.0952. The second kappa shape index (κ2) is 8.23. The minimum absolute atomic E-state index is 0.204. The van der Waals surface area contributed by atoms with E-state index in [-0.39, 0.29) is 11.7 Å². The Labute approximate surface area is 110 Å². The fourth-order valence-corrected chi connectivity index (χ4v) is 1.90. The van der Waals surface area contributed by atoms with Gasteiger partial charge in [0, 0.05) is 17.4 Å². The summed E-state index contributed by atoms with van der Waals surface area (Å²) in [7, 11) is 0. The van der Waals surface area contributed by atoms with E-state index in [1.807, 2.05) is 0 Å². The third kappa shape index (κ3) is 5.82. The number of hydrogen-bond acceptors (Lipinski definition) is 1. The second-order valence-electron chi connectivity index (χ2n) is 3.87. The highest BCUT2D eigenvalue weighted by molar-refractivity contribution is 9.09. The van der Waals surface area contributed by atoms with E-state index in [1.165, 1.54) is 18.6 Å². The zero-order valence-electron chi connectivity index (χ0n) is 9.72. The van der Waals surface area contributed by atoms with Crippen molar-refractivity contribution >= 4 is 21.8 Å². The Morgan fingerprint density at radius 2 is 2.00 bits per heavy atom. The first-order valence-corrected chi connectivity index (χ1v) is 6.96. The zero-order chi connectivity index (χ0) is 12.5. The summed E-state index contributed by atoms with van der Waals surface area (Å²) in [6.07, 6.45) is 4.40. The van der Waals surface area contributed by atoms with Gasteiger partial charge in [-0.05, 0) is 31.0 Å². The standard InChI is InChI=1S/C13H17BrFNO/c14-8-3-1-2-4-9-16-13(17)11-6-5-7-12(15)10-11/h5-7,10H,1-4,8-9H2,(H,16,17). The van der Waals surface area contributed by atoms with Crippen LogP contribution in [0, 0.1) is 5.82 Å². The Morgan fingerprint density at radius 1 is 1.24 bits per heavy atom. The topological polar surface area (TPSA) is 29.1 Å². The maximum absolute atomic E-state index is 12.9. The average Bonchev–Trinajstić information content (AvgIpc) is 2.33. The summed E-state index contributed by atoms with van der Waals surface area (Å²) in [4.78, 5) is 11.6. The third-order valence-corrected chi connectivity index (χ3v) is 2.99. The van der Waals surface area contributed by atoms with Gasteiger partial charge in [-0.25, -0.2) is 4.39 Å². The molecule has 0 spiro atoms. The number of nitrogens with one attached hydrogen (secondary N) is 1. The average molecular weight is 302 g/mol. The molecule has 0 unspecified atom stereocenters. The summed E-state index contributed by atoms with van der Waals surface area (Å²) in [6.45, 7) is 0.650. The van der Waals surface area contributed by atoms with Gasteiger partial charge in [-0.15, -0.1) is 0 Å². The van der Waals surface area contributed by atoms with Crippen molar-refractivity contribution in [3.63, 3.8) is 0 Å². The molecular weight excluding hydrogens is 285 g/mol. The van der Waals surface area contributed by atoms with Gasteiger partial charge in [-0.2, -0.15) is 0 Å². The van der Waals surface area contributed by atoms with Crippen LogP contribution in [0.1, 0.15) is 36.0 Å². The van der Waals surface area contributed by atoms with Crippen LogP contribution in [0.3, 0.4) is 0 Å². The van der Waals surface area contributed by atoms with Crippen LogP contribution in [0.5, 0.6) is 0 Å². The quantitative estimate of drug-likeness (QED) is 0.606. The lowest BCUT2D eigenvalue weighted by atomic mass is 10.2. The van der Waals surface area contributed by atoms with Crippen molar-refractivity contribution in [2.45, 2.75) is 25.7 Å². The normalized spacial score (nSPS) is 10.2. The van der Waals surface area contributed by atoms with Crippen molar-refractivity contribution in [1.82, 2.24) is 5.32 Å². The molecule has 1 aromatic carbocycles. The number of rotatable bonds is 7. The number of carbonyl (C=O) groups is 1. The van der Waals surface area contributed by atoms with E-state index in [0.29, 0.717) is 12.1 Å². The summed E-state index contributed by atoms with van der Waals surface area (Å²) in [6, 6.07) is 5.74. The van der Waals surface area contributed by atoms with Gasteiger partial charge in [-0.1, -0.05) is 34.8 Å². The molecule has 0 aliphatic rings. The fourth-order valence-electron chi connectivity index (χ4n) is 1.51. The smallest absolute Gasteiger partial charge is 0.251 e. The van der Waals surface area contributed by atoms with Crippen LogP contribution in [0.2, 0.25) is 0 Å². The molecule has 17 heavy (non-hydrogen) atoms. The van der Waals surface area contributed by atoms with Gasteiger partial charge in [-0.3, -0.25) is 4.79 Å². The van der Waals surface area contributed by atoms with Gasteiger partial charge >= 0.3 is 0 Å². The van der Waals surface area contributed by atoms with E-state index in [1.54, 1.807) is 12.1 Å². The minimum Gasteiger partial charge on any atom is -0.352 e. The van der Waals surface area contributed by atoms with E-state index >= 15 is 0 Å². The number of hydrogen-bond donors (Lipinski definition) is 1. The summed E-state index contributed by atoms with van der Waals surface area (Å²) in [5.74, 6) is -0.583. The molecule has 1 amide bonds. The Balaban J connectivity index is 2.21. The molecule has 0 aromatic heterocycles. The molecule has 0 radical (unpaired) electrons.